The van der Waals surface area contributed by atoms with Crippen molar-refractivity contribution in [1.29, 1.82) is 0 Å². The highest BCUT2D eigenvalue weighted by Gasteiger charge is 2.26. The van der Waals surface area contributed by atoms with E-state index in [0.29, 0.717) is 5.92 Å². The van der Waals surface area contributed by atoms with E-state index < -0.39 is 0 Å². The van der Waals surface area contributed by atoms with E-state index in [2.05, 4.69) is 42.8 Å². The quantitative estimate of drug-likeness (QED) is 0.807. The highest BCUT2D eigenvalue weighted by Crippen LogP contribution is 2.29. The van der Waals surface area contributed by atoms with Gasteiger partial charge in [0.25, 0.3) is 0 Å². The van der Waals surface area contributed by atoms with Crippen LogP contribution in [0.15, 0.2) is 23.6 Å². The lowest BCUT2D eigenvalue weighted by atomic mass is 9.96. The van der Waals surface area contributed by atoms with Gasteiger partial charge in [0.1, 0.15) is 5.82 Å². The summed E-state index contributed by atoms with van der Waals surface area (Å²) in [4.78, 5) is 10.9. The second-order valence-electron chi connectivity index (χ2n) is 5.10. The molecule has 0 spiro atoms. The molecule has 112 valence electrons. The first kappa shape index (κ1) is 14.3. The van der Waals surface area contributed by atoms with Crippen LogP contribution in [0, 0.1) is 0 Å². The zero-order chi connectivity index (χ0) is 14.7. The Bertz CT molecular complexity index is 576. The number of aromatic nitrogens is 5. The van der Waals surface area contributed by atoms with Crippen LogP contribution >= 0.6 is 11.8 Å². The molecule has 0 radical (unpaired) electrons. The van der Waals surface area contributed by atoms with Crippen LogP contribution in [0.4, 0.5) is 5.95 Å². The molecule has 2 aromatic heterocycles. The van der Waals surface area contributed by atoms with Gasteiger partial charge in [-0.1, -0.05) is 11.8 Å². The smallest absolute Gasteiger partial charge is 0.225 e. The van der Waals surface area contributed by atoms with Crippen molar-refractivity contribution < 1.29 is 0 Å². The molecule has 0 aromatic carbocycles. The normalized spacial score (nSPS) is 16.4. The van der Waals surface area contributed by atoms with E-state index in [4.69, 9.17) is 0 Å². The molecular formula is C14H20N6S. The monoisotopic (exact) mass is 304 g/mol. The lowest BCUT2D eigenvalue weighted by Crippen LogP contribution is -2.34. The molecule has 0 aliphatic carbocycles. The largest absolute Gasteiger partial charge is 0.341 e. The van der Waals surface area contributed by atoms with Crippen LogP contribution in [0.1, 0.15) is 31.5 Å². The first-order valence-corrected chi connectivity index (χ1v) is 8.55. The summed E-state index contributed by atoms with van der Waals surface area (Å²) in [5.41, 5.74) is 0. The average Bonchev–Trinajstić information content (AvgIpc) is 2.99. The van der Waals surface area contributed by atoms with Crippen LogP contribution in [0.3, 0.4) is 0 Å². The van der Waals surface area contributed by atoms with Gasteiger partial charge in [-0.15, -0.1) is 10.2 Å². The maximum absolute atomic E-state index is 4.42. The molecule has 21 heavy (non-hydrogen) atoms. The molecule has 1 saturated heterocycles. The fourth-order valence-electron chi connectivity index (χ4n) is 2.84. The Labute approximate surface area is 129 Å². The van der Waals surface area contributed by atoms with Crippen molar-refractivity contribution in [3.63, 3.8) is 0 Å². The van der Waals surface area contributed by atoms with Crippen molar-refractivity contribution in [2.24, 2.45) is 0 Å². The Morgan fingerprint density at radius 2 is 1.90 bits per heavy atom. The van der Waals surface area contributed by atoms with E-state index >= 15 is 0 Å². The Morgan fingerprint density at radius 3 is 2.52 bits per heavy atom. The SMILES string of the molecule is CCn1c(SC)nnc1C1CCN(c2ncccn2)CC1. The summed E-state index contributed by atoms with van der Waals surface area (Å²) in [6, 6.07) is 1.85. The third-order valence-electron chi connectivity index (χ3n) is 3.94. The number of thioether (sulfide) groups is 1. The number of hydrogen-bond donors (Lipinski definition) is 0. The molecule has 3 rings (SSSR count). The van der Waals surface area contributed by atoms with Gasteiger partial charge < -0.3 is 9.47 Å². The van der Waals surface area contributed by atoms with Gasteiger partial charge in [-0.3, -0.25) is 0 Å². The minimum atomic E-state index is 0.485. The first-order chi connectivity index (χ1) is 10.3. The Kier molecular flexibility index (Phi) is 4.38. The van der Waals surface area contributed by atoms with E-state index in [1.807, 2.05) is 6.07 Å². The van der Waals surface area contributed by atoms with E-state index in [-0.39, 0.29) is 0 Å². The molecule has 3 heterocycles. The summed E-state index contributed by atoms with van der Waals surface area (Å²) in [6.45, 7) is 5.03. The van der Waals surface area contributed by atoms with Crippen LogP contribution in [0.5, 0.6) is 0 Å². The Balaban J connectivity index is 1.70. The molecule has 0 unspecified atom stereocenters. The second kappa shape index (κ2) is 6.43. The number of anilines is 1. The molecular weight excluding hydrogens is 284 g/mol. The fourth-order valence-corrected chi connectivity index (χ4v) is 3.41. The topological polar surface area (TPSA) is 59.7 Å². The van der Waals surface area contributed by atoms with Gasteiger partial charge in [-0.25, -0.2) is 9.97 Å². The standard InChI is InChI=1S/C14H20N6S/c1-3-20-12(17-18-14(20)21-2)11-5-9-19(10-6-11)13-15-7-4-8-16-13/h4,7-8,11H,3,5-6,9-10H2,1-2H3. The van der Waals surface area contributed by atoms with E-state index in [0.717, 1.165) is 49.4 Å². The molecule has 0 atom stereocenters. The van der Waals surface area contributed by atoms with Gasteiger partial charge in [0.2, 0.25) is 5.95 Å². The molecule has 0 saturated carbocycles. The molecule has 0 bridgehead atoms. The van der Waals surface area contributed by atoms with Gasteiger partial charge >= 0.3 is 0 Å². The van der Waals surface area contributed by atoms with Crippen LogP contribution in [-0.2, 0) is 6.54 Å². The summed E-state index contributed by atoms with van der Waals surface area (Å²) in [5, 5.41) is 9.73. The van der Waals surface area contributed by atoms with E-state index in [1.54, 1.807) is 24.2 Å². The lowest BCUT2D eigenvalue weighted by Gasteiger charge is -2.31. The number of hydrogen-bond acceptors (Lipinski definition) is 6. The van der Waals surface area contributed by atoms with Crippen molar-refractivity contribution in [1.82, 2.24) is 24.7 Å². The molecule has 1 aliphatic heterocycles. The summed E-state index contributed by atoms with van der Waals surface area (Å²) < 4.78 is 2.24. The second-order valence-corrected chi connectivity index (χ2v) is 5.87. The zero-order valence-electron chi connectivity index (χ0n) is 12.4. The molecule has 6 nitrogen and oxygen atoms in total. The number of nitrogens with zero attached hydrogens (tertiary/aromatic N) is 6. The van der Waals surface area contributed by atoms with Crippen LogP contribution in [-0.4, -0.2) is 44.1 Å². The minimum absolute atomic E-state index is 0.485. The molecule has 7 heteroatoms. The fraction of sp³-hybridized carbons (Fsp3) is 0.571. The van der Waals surface area contributed by atoms with E-state index in [9.17, 15) is 0 Å². The average molecular weight is 304 g/mol. The molecule has 1 fully saturated rings. The van der Waals surface area contributed by atoms with Gasteiger partial charge in [0.05, 0.1) is 0 Å². The van der Waals surface area contributed by atoms with Crippen molar-refractivity contribution in [2.75, 3.05) is 24.2 Å². The molecule has 2 aromatic rings. The van der Waals surface area contributed by atoms with Gasteiger partial charge in [0, 0.05) is 37.9 Å². The lowest BCUT2D eigenvalue weighted by molar-refractivity contribution is 0.458. The summed E-state index contributed by atoms with van der Waals surface area (Å²) in [7, 11) is 0. The van der Waals surface area contributed by atoms with Crippen LogP contribution < -0.4 is 4.90 Å². The molecule has 1 aliphatic rings. The third-order valence-corrected chi connectivity index (χ3v) is 4.61. The number of piperidine rings is 1. The predicted molar refractivity (Wildman–Crippen MR) is 83.7 cm³/mol. The van der Waals surface area contributed by atoms with Crippen LogP contribution in [0.2, 0.25) is 0 Å². The zero-order valence-corrected chi connectivity index (χ0v) is 13.3. The van der Waals surface area contributed by atoms with Crippen molar-refractivity contribution in [2.45, 2.75) is 37.4 Å². The van der Waals surface area contributed by atoms with Gasteiger partial charge in [-0.05, 0) is 32.1 Å². The van der Waals surface area contributed by atoms with Crippen LogP contribution in [0.25, 0.3) is 0 Å². The van der Waals surface area contributed by atoms with Crippen molar-refractivity contribution in [3.05, 3.63) is 24.3 Å². The third kappa shape index (κ3) is 2.88. The maximum Gasteiger partial charge on any atom is 0.225 e. The Morgan fingerprint density at radius 1 is 1.19 bits per heavy atom. The highest BCUT2D eigenvalue weighted by molar-refractivity contribution is 7.98. The van der Waals surface area contributed by atoms with Crippen molar-refractivity contribution in [3.8, 4) is 0 Å². The van der Waals surface area contributed by atoms with Gasteiger partial charge in [0.15, 0.2) is 5.16 Å². The summed E-state index contributed by atoms with van der Waals surface area (Å²) in [5.74, 6) is 2.45. The van der Waals surface area contributed by atoms with E-state index in [1.165, 1.54) is 0 Å². The predicted octanol–water partition coefficient (Wildman–Crippen LogP) is 2.19. The maximum atomic E-state index is 4.42. The Hall–Kier alpha value is -1.63. The minimum Gasteiger partial charge on any atom is -0.341 e. The van der Waals surface area contributed by atoms with Crippen molar-refractivity contribution >= 4 is 17.7 Å². The summed E-state index contributed by atoms with van der Waals surface area (Å²) in [6.07, 6.45) is 7.80. The first-order valence-electron chi connectivity index (χ1n) is 7.32. The molecule has 0 amide bonds. The molecule has 0 N–H and O–H groups in total. The highest BCUT2D eigenvalue weighted by atomic mass is 32.2. The summed E-state index contributed by atoms with van der Waals surface area (Å²) >= 11 is 1.66. The number of rotatable bonds is 4. The van der Waals surface area contributed by atoms with Gasteiger partial charge in [-0.2, -0.15) is 0 Å².